The molecule has 0 aliphatic heterocycles. The van der Waals surface area contributed by atoms with E-state index in [1.165, 1.54) is 13.8 Å². The summed E-state index contributed by atoms with van der Waals surface area (Å²) >= 11 is 0. The second-order valence-electron chi connectivity index (χ2n) is 1.22. The summed E-state index contributed by atoms with van der Waals surface area (Å²) in [6, 6.07) is 0. The highest BCUT2D eigenvalue weighted by molar-refractivity contribution is 5.70. The molecule has 0 aromatic heterocycles. The first kappa shape index (κ1) is 53.0. The van der Waals surface area contributed by atoms with Gasteiger partial charge in [-0.2, -0.15) is 0 Å². The summed E-state index contributed by atoms with van der Waals surface area (Å²) in [5, 5.41) is 0. The van der Waals surface area contributed by atoms with E-state index in [4.69, 9.17) is 0 Å². The summed E-state index contributed by atoms with van der Waals surface area (Å²) in [5.74, 6) is -0.667. The lowest BCUT2D eigenvalue weighted by molar-refractivity contribution is -0.116. The Balaban J connectivity index is -0.0000000142. The van der Waals surface area contributed by atoms with E-state index in [0.29, 0.717) is 0 Å². The second-order valence-corrected chi connectivity index (χ2v) is 1.22. The van der Waals surface area contributed by atoms with E-state index in [9.17, 15) is 9.59 Å². The molecular formula is C16H34N2O2. The molecule has 0 unspecified atom stereocenters. The number of carbonyl (C=O) groups excluding carboxylic acids is 2. The SMILES string of the molecule is C=C.C=C.C=C.C=C.C=C.C=C.CC(N)=O.CC(N)=O. The van der Waals surface area contributed by atoms with Crippen LogP contribution in [-0.2, 0) is 9.59 Å². The van der Waals surface area contributed by atoms with Crippen LogP contribution < -0.4 is 11.5 Å². The summed E-state index contributed by atoms with van der Waals surface area (Å²) in [4.78, 5) is 18.4. The third kappa shape index (κ3) is 463. The minimum atomic E-state index is -0.333. The lowest BCUT2D eigenvalue weighted by atomic mass is 10.8. The molecule has 4 heteroatoms. The molecule has 0 spiro atoms. The molecule has 0 saturated carbocycles. The molecule has 0 aromatic rings. The number of nitrogens with two attached hydrogens (primary N) is 2. The Morgan fingerprint density at radius 3 is 0.500 bits per heavy atom. The Kier molecular flexibility index (Phi) is 899. The van der Waals surface area contributed by atoms with Gasteiger partial charge in [-0.1, -0.05) is 0 Å². The van der Waals surface area contributed by atoms with Gasteiger partial charge in [-0.25, -0.2) is 0 Å². The van der Waals surface area contributed by atoms with Crippen LogP contribution in [-0.4, -0.2) is 11.8 Å². The van der Waals surface area contributed by atoms with Gasteiger partial charge in [0, 0.05) is 13.8 Å². The number of primary amides is 2. The lowest BCUT2D eigenvalue weighted by Gasteiger charge is -1.60. The van der Waals surface area contributed by atoms with Crippen LogP contribution >= 0.6 is 0 Å². The van der Waals surface area contributed by atoms with Crippen LogP contribution in [0.4, 0.5) is 0 Å². The first-order chi connectivity index (χ1) is 9.46. The number of rotatable bonds is 0. The Hall–Kier alpha value is -2.62. The van der Waals surface area contributed by atoms with Crippen molar-refractivity contribution in [1.82, 2.24) is 0 Å². The molecule has 0 heterocycles. The van der Waals surface area contributed by atoms with Gasteiger partial charge in [0.05, 0.1) is 0 Å². The fraction of sp³-hybridized carbons (Fsp3) is 0.125. The summed E-state index contributed by atoms with van der Waals surface area (Å²) in [6.07, 6.45) is 0. The maximum Gasteiger partial charge on any atom is 0.214 e. The van der Waals surface area contributed by atoms with Crippen molar-refractivity contribution in [2.75, 3.05) is 0 Å². The Morgan fingerprint density at radius 1 is 0.500 bits per heavy atom. The summed E-state index contributed by atoms with van der Waals surface area (Å²) < 4.78 is 0. The predicted molar refractivity (Wildman–Crippen MR) is 97.3 cm³/mol. The monoisotopic (exact) mass is 286 g/mol. The minimum absolute atomic E-state index is 0.333. The Labute approximate surface area is 126 Å². The number of carbonyl (C=O) groups is 2. The van der Waals surface area contributed by atoms with E-state index < -0.39 is 0 Å². The fourth-order valence-corrected chi connectivity index (χ4v) is 0. The molecule has 120 valence electrons. The van der Waals surface area contributed by atoms with Gasteiger partial charge >= 0.3 is 0 Å². The van der Waals surface area contributed by atoms with Gasteiger partial charge in [-0.3, -0.25) is 9.59 Å². The van der Waals surface area contributed by atoms with E-state index in [1.807, 2.05) is 0 Å². The average molecular weight is 286 g/mol. The molecule has 2 amide bonds. The predicted octanol–water partition coefficient (Wildman–Crippen LogP) is 3.80. The van der Waals surface area contributed by atoms with Crippen LogP contribution in [0.5, 0.6) is 0 Å². The quantitative estimate of drug-likeness (QED) is 0.664. The average Bonchev–Trinajstić information content (AvgIpc) is 2.50. The number of amides is 2. The van der Waals surface area contributed by atoms with Gasteiger partial charge in [-0.05, 0) is 0 Å². The zero-order valence-corrected chi connectivity index (χ0v) is 13.5. The van der Waals surface area contributed by atoms with Crippen LogP contribution in [0.2, 0.25) is 0 Å². The van der Waals surface area contributed by atoms with Crippen LogP contribution in [0, 0.1) is 0 Å². The maximum absolute atomic E-state index is 9.22. The third-order valence-corrected chi connectivity index (χ3v) is 0. The lowest BCUT2D eigenvalue weighted by Crippen LogP contribution is -2.01. The molecule has 0 atom stereocenters. The van der Waals surface area contributed by atoms with E-state index in [2.05, 4.69) is 90.4 Å². The molecule has 0 aliphatic carbocycles. The zero-order chi connectivity index (χ0) is 19.2. The molecule has 4 nitrogen and oxygen atoms in total. The van der Waals surface area contributed by atoms with Gasteiger partial charge in [0.2, 0.25) is 11.8 Å². The summed E-state index contributed by atoms with van der Waals surface area (Å²) in [5.41, 5.74) is 8.94. The molecule has 0 rings (SSSR count). The van der Waals surface area contributed by atoms with Crippen LogP contribution in [0.25, 0.3) is 0 Å². The molecule has 0 fully saturated rings. The van der Waals surface area contributed by atoms with E-state index in [0.717, 1.165) is 0 Å². The van der Waals surface area contributed by atoms with Gasteiger partial charge in [0.15, 0.2) is 0 Å². The van der Waals surface area contributed by atoms with E-state index in [-0.39, 0.29) is 11.8 Å². The number of hydrogen-bond acceptors (Lipinski definition) is 2. The van der Waals surface area contributed by atoms with Crippen LogP contribution in [0.3, 0.4) is 0 Å². The van der Waals surface area contributed by atoms with E-state index >= 15 is 0 Å². The van der Waals surface area contributed by atoms with Crippen molar-refractivity contribution in [1.29, 1.82) is 0 Å². The van der Waals surface area contributed by atoms with Gasteiger partial charge in [-0.15, -0.1) is 78.9 Å². The highest BCUT2D eigenvalue weighted by atomic mass is 16.1. The first-order valence-electron chi connectivity index (χ1n) is 4.99. The molecular weight excluding hydrogens is 252 g/mol. The molecule has 0 aliphatic rings. The van der Waals surface area contributed by atoms with Crippen molar-refractivity contribution in [2.24, 2.45) is 11.5 Å². The van der Waals surface area contributed by atoms with Gasteiger partial charge in [0.25, 0.3) is 0 Å². The van der Waals surface area contributed by atoms with Crippen molar-refractivity contribution in [3.05, 3.63) is 78.9 Å². The van der Waals surface area contributed by atoms with E-state index in [1.54, 1.807) is 0 Å². The third-order valence-electron chi connectivity index (χ3n) is 0. The molecule has 0 aromatic carbocycles. The molecule has 4 N–H and O–H groups in total. The van der Waals surface area contributed by atoms with Crippen molar-refractivity contribution in [3.8, 4) is 0 Å². The van der Waals surface area contributed by atoms with Gasteiger partial charge in [0.1, 0.15) is 0 Å². The Morgan fingerprint density at radius 2 is 0.500 bits per heavy atom. The molecule has 20 heavy (non-hydrogen) atoms. The van der Waals surface area contributed by atoms with Crippen molar-refractivity contribution >= 4 is 11.8 Å². The summed E-state index contributed by atoms with van der Waals surface area (Å²) in [6.45, 7) is 38.6. The first-order valence-corrected chi connectivity index (χ1v) is 4.99. The Bertz CT molecular complexity index is 125. The standard InChI is InChI=1S/2C2H5NO.6C2H4/c2*1-2(3)4;6*1-2/h2*1H3,(H2,3,4);6*1-2H2. The van der Waals surface area contributed by atoms with Crippen molar-refractivity contribution in [2.45, 2.75) is 13.8 Å². The molecule has 0 bridgehead atoms. The van der Waals surface area contributed by atoms with Crippen molar-refractivity contribution < 1.29 is 9.59 Å². The normalized spacial score (nSPS) is 3.70. The summed E-state index contributed by atoms with van der Waals surface area (Å²) in [7, 11) is 0. The maximum atomic E-state index is 9.22. The fourth-order valence-electron chi connectivity index (χ4n) is 0. The second kappa shape index (κ2) is 339. The smallest absolute Gasteiger partial charge is 0.214 e. The largest absolute Gasteiger partial charge is 0.370 e. The minimum Gasteiger partial charge on any atom is -0.370 e. The highest BCUT2D eigenvalue weighted by Gasteiger charge is 1.61. The van der Waals surface area contributed by atoms with Gasteiger partial charge < -0.3 is 11.5 Å². The molecule has 0 radical (unpaired) electrons. The topological polar surface area (TPSA) is 86.2 Å². The van der Waals surface area contributed by atoms with Crippen molar-refractivity contribution in [3.63, 3.8) is 0 Å². The highest BCUT2D eigenvalue weighted by Crippen LogP contribution is 1.33. The van der Waals surface area contributed by atoms with Crippen LogP contribution in [0.1, 0.15) is 13.8 Å². The zero-order valence-electron chi connectivity index (χ0n) is 13.5. The van der Waals surface area contributed by atoms with Crippen LogP contribution in [0.15, 0.2) is 78.9 Å². The number of hydrogen-bond donors (Lipinski definition) is 2. The molecule has 0 saturated heterocycles.